The lowest BCUT2D eigenvalue weighted by atomic mass is 9.80. The van der Waals surface area contributed by atoms with Crippen molar-refractivity contribution in [2.75, 3.05) is 19.8 Å². The number of carbonyl (C=O) groups is 2. The van der Waals surface area contributed by atoms with E-state index >= 15 is 0 Å². The highest BCUT2D eigenvalue weighted by molar-refractivity contribution is 5.94. The van der Waals surface area contributed by atoms with Gasteiger partial charge in [-0.15, -0.1) is 0 Å². The number of aryl methyl sites for hydroxylation is 1. The minimum atomic E-state index is -0.603. The molecule has 1 saturated heterocycles. The van der Waals surface area contributed by atoms with Gasteiger partial charge in [0.25, 0.3) is 5.91 Å². The number of nitrogens with zero attached hydrogens (tertiary/aromatic N) is 1. The third-order valence-electron chi connectivity index (χ3n) is 6.47. The predicted octanol–water partition coefficient (Wildman–Crippen LogP) is 3.39. The summed E-state index contributed by atoms with van der Waals surface area (Å²) >= 11 is 0. The summed E-state index contributed by atoms with van der Waals surface area (Å²) in [4.78, 5) is 27.6. The molecule has 1 fully saturated rings. The quantitative estimate of drug-likeness (QED) is 0.583. The number of benzene rings is 2. The van der Waals surface area contributed by atoms with Crippen LogP contribution in [0.4, 0.5) is 0 Å². The molecule has 0 aromatic heterocycles. The molecule has 7 heteroatoms. The number of hydrogen-bond acceptors (Lipinski definition) is 5. The van der Waals surface area contributed by atoms with Crippen molar-refractivity contribution in [3.05, 3.63) is 64.7 Å². The summed E-state index contributed by atoms with van der Waals surface area (Å²) in [7, 11) is 0. The van der Waals surface area contributed by atoms with Crippen molar-refractivity contribution in [1.82, 2.24) is 10.4 Å². The van der Waals surface area contributed by atoms with Gasteiger partial charge in [0.15, 0.2) is 0 Å². The predicted molar refractivity (Wildman–Crippen MR) is 114 cm³/mol. The largest absolute Gasteiger partial charge is 0.491 e. The first kappa shape index (κ1) is 21.3. The van der Waals surface area contributed by atoms with Crippen LogP contribution in [0.1, 0.15) is 52.9 Å². The van der Waals surface area contributed by atoms with Crippen LogP contribution in [0.5, 0.6) is 5.75 Å². The van der Waals surface area contributed by atoms with E-state index in [0.717, 1.165) is 16.7 Å². The molecule has 2 N–H and O–H groups in total. The van der Waals surface area contributed by atoms with Crippen molar-refractivity contribution in [2.24, 2.45) is 5.41 Å². The number of ether oxygens (including phenoxy) is 2. The fourth-order valence-corrected chi connectivity index (χ4v) is 4.39. The van der Waals surface area contributed by atoms with Crippen molar-refractivity contribution in [1.29, 1.82) is 0 Å². The molecular formula is C24H28N2O5. The van der Waals surface area contributed by atoms with Gasteiger partial charge >= 0.3 is 0 Å². The fraction of sp³-hybridized carbons (Fsp3) is 0.417. The third kappa shape index (κ3) is 4.16. The zero-order chi connectivity index (χ0) is 22.0. The Morgan fingerprint density at radius 3 is 2.61 bits per heavy atom. The summed E-state index contributed by atoms with van der Waals surface area (Å²) < 4.78 is 11.6. The normalized spacial score (nSPS) is 20.2. The number of rotatable bonds is 3. The van der Waals surface area contributed by atoms with Gasteiger partial charge in [-0.1, -0.05) is 37.3 Å². The summed E-state index contributed by atoms with van der Waals surface area (Å²) in [6.45, 7) is 5.88. The Bertz CT molecular complexity index is 984. The Hall–Kier alpha value is -2.90. The molecule has 164 valence electrons. The maximum Gasteiger partial charge on any atom is 0.274 e. The molecule has 4 rings (SSSR count). The highest BCUT2D eigenvalue weighted by Gasteiger charge is 2.42. The minimum absolute atomic E-state index is 0.0951. The van der Waals surface area contributed by atoms with E-state index in [1.807, 2.05) is 43.0 Å². The maximum atomic E-state index is 13.9. The number of nitrogens with one attached hydrogen (secondary N) is 1. The summed E-state index contributed by atoms with van der Waals surface area (Å²) in [6, 6.07) is 12.8. The Balaban J connectivity index is 1.74. The lowest BCUT2D eigenvalue weighted by molar-refractivity contribution is -0.150. The maximum absolute atomic E-state index is 13.9. The first-order valence-corrected chi connectivity index (χ1v) is 10.6. The summed E-state index contributed by atoms with van der Waals surface area (Å²) in [5.41, 5.74) is 4.43. The van der Waals surface area contributed by atoms with Gasteiger partial charge in [-0.05, 0) is 43.0 Å². The number of hydroxylamine groups is 1. The second kappa shape index (κ2) is 8.69. The molecule has 0 radical (unpaired) electrons. The Labute approximate surface area is 181 Å². The lowest BCUT2D eigenvalue weighted by Gasteiger charge is -2.40. The fourth-order valence-electron chi connectivity index (χ4n) is 4.39. The number of fused-ring (bicyclic) bond motifs is 1. The minimum Gasteiger partial charge on any atom is -0.491 e. The number of carbonyl (C=O) groups excluding carboxylic acids is 2. The van der Waals surface area contributed by atoms with Crippen LogP contribution in [0.15, 0.2) is 42.5 Å². The van der Waals surface area contributed by atoms with E-state index in [4.69, 9.17) is 14.7 Å². The Morgan fingerprint density at radius 2 is 1.90 bits per heavy atom. The molecule has 1 atom stereocenters. The van der Waals surface area contributed by atoms with Gasteiger partial charge in [-0.25, -0.2) is 5.48 Å². The van der Waals surface area contributed by atoms with Crippen LogP contribution in [-0.2, 0) is 16.1 Å². The van der Waals surface area contributed by atoms with E-state index < -0.39 is 11.3 Å². The van der Waals surface area contributed by atoms with Gasteiger partial charge in [0, 0.05) is 24.3 Å². The van der Waals surface area contributed by atoms with Gasteiger partial charge in [0.2, 0.25) is 5.91 Å². The lowest BCUT2D eigenvalue weighted by Crippen LogP contribution is -2.47. The van der Waals surface area contributed by atoms with Crippen LogP contribution in [0, 0.1) is 12.3 Å². The van der Waals surface area contributed by atoms with Gasteiger partial charge in [0.1, 0.15) is 12.4 Å². The molecule has 0 unspecified atom stereocenters. The molecule has 0 saturated carbocycles. The van der Waals surface area contributed by atoms with Crippen LogP contribution in [0.2, 0.25) is 0 Å². The molecule has 0 aliphatic carbocycles. The topological polar surface area (TPSA) is 88.1 Å². The second-order valence-electron chi connectivity index (χ2n) is 8.55. The molecule has 0 bridgehead atoms. The first-order chi connectivity index (χ1) is 14.9. The van der Waals surface area contributed by atoms with Crippen LogP contribution < -0.4 is 10.2 Å². The van der Waals surface area contributed by atoms with Crippen LogP contribution in [0.25, 0.3) is 0 Å². The molecule has 2 aromatic rings. The smallest absolute Gasteiger partial charge is 0.274 e. The van der Waals surface area contributed by atoms with Crippen molar-refractivity contribution in [3.63, 3.8) is 0 Å². The van der Waals surface area contributed by atoms with E-state index in [0.29, 0.717) is 43.9 Å². The Kier molecular flexibility index (Phi) is 5.98. The van der Waals surface area contributed by atoms with Crippen LogP contribution in [-0.4, -0.2) is 41.7 Å². The van der Waals surface area contributed by atoms with Gasteiger partial charge in [-0.3, -0.25) is 14.8 Å². The number of hydrogen-bond donors (Lipinski definition) is 2. The van der Waals surface area contributed by atoms with E-state index in [9.17, 15) is 9.59 Å². The van der Waals surface area contributed by atoms with Crippen molar-refractivity contribution < 1.29 is 24.3 Å². The van der Waals surface area contributed by atoms with Crippen molar-refractivity contribution in [3.8, 4) is 5.75 Å². The van der Waals surface area contributed by atoms with Gasteiger partial charge in [0.05, 0.1) is 18.0 Å². The molecule has 2 heterocycles. The molecular weight excluding hydrogens is 396 g/mol. The summed E-state index contributed by atoms with van der Waals surface area (Å²) in [5, 5.41) is 8.95. The van der Waals surface area contributed by atoms with Crippen LogP contribution >= 0.6 is 0 Å². The highest BCUT2D eigenvalue weighted by atomic mass is 16.5. The highest BCUT2D eigenvalue weighted by Crippen LogP contribution is 2.39. The zero-order valence-electron chi connectivity index (χ0n) is 17.9. The summed E-state index contributed by atoms with van der Waals surface area (Å²) in [5.74, 6) is 0.0403. The summed E-state index contributed by atoms with van der Waals surface area (Å²) in [6.07, 6.45) is 1.37. The van der Waals surface area contributed by atoms with E-state index in [1.165, 1.54) is 0 Å². The van der Waals surface area contributed by atoms with Gasteiger partial charge in [-0.2, -0.15) is 0 Å². The zero-order valence-corrected chi connectivity index (χ0v) is 17.9. The molecule has 2 aromatic carbocycles. The molecule has 7 nitrogen and oxygen atoms in total. The average molecular weight is 424 g/mol. The van der Waals surface area contributed by atoms with Gasteiger partial charge < -0.3 is 14.4 Å². The van der Waals surface area contributed by atoms with Crippen molar-refractivity contribution in [2.45, 2.75) is 39.3 Å². The standard InChI is InChI=1S/C24H28N2O5/c1-16-5-3-4-6-19(16)20-15-31-21-13-17(22(27)25-29)7-8-18(21)14-26(20)23(28)24(2)9-11-30-12-10-24/h3-8,13,20,29H,9-12,14-15H2,1-2H3,(H,25,27)/t20-/m1/s1. The SMILES string of the molecule is Cc1ccccc1[C@H]1COc2cc(C(=O)NO)ccc2CN1C(=O)C1(C)CCOCC1. The molecule has 0 spiro atoms. The van der Waals surface area contributed by atoms with Crippen molar-refractivity contribution >= 4 is 11.8 Å². The third-order valence-corrected chi connectivity index (χ3v) is 6.47. The number of amides is 2. The molecule has 2 aliphatic heterocycles. The van der Waals surface area contributed by atoms with E-state index in [1.54, 1.807) is 23.7 Å². The molecule has 31 heavy (non-hydrogen) atoms. The van der Waals surface area contributed by atoms with E-state index in [-0.39, 0.29) is 18.6 Å². The van der Waals surface area contributed by atoms with E-state index in [2.05, 4.69) is 0 Å². The van der Waals surface area contributed by atoms with Crippen LogP contribution in [0.3, 0.4) is 0 Å². The average Bonchev–Trinajstić information content (AvgIpc) is 2.98. The Morgan fingerprint density at radius 1 is 1.16 bits per heavy atom. The second-order valence-corrected chi connectivity index (χ2v) is 8.55. The monoisotopic (exact) mass is 424 g/mol. The molecule has 2 amide bonds. The molecule has 2 aliphatic rings. The first-order valence-electron chi connectivity index (χ1n) is 10.6.